The van der Waals surface area contributed by atoms with Crippen LogP contribution in [0.5, 0.6) is 0 Å². The van der Waals surface area contributed by atoms with Gasteiger partial charge in [-0.15, -0.1) is 0 Å². The first kappa shape index (κ1) is 12.7. The van der Waals surface area contributed by atoms with Crippen molar-refractivity contribution in [2.75, 3.05) is 0 Å². The molecule has 2 heteroatoms. The molecule has 2 rings (SSSR count). The van der Waals surface area contributed by atoms with Crippen molar-refractivity contribution < 1.29 is 9.59 Å². The van der Waals surface area contributed by atoms with E-state index in [0.29, 0.717) is 5.56 Å². The lowest BCUT2D eigenvalue weighted by atomic mass is 9.75. The average Bonchev–Trinajstić information content (AvgIpc) is 2.66. The summed E-state index contributed by atoms with van der Waals surface area (Å²) in [6.07, 6.45) is 1.57. The molecule has 1 atom stereocenters. The van der Waals surface area contributed by atoms with Crippen LogP contribution in [0.2, 0.25) is 0 Å². The Labute approximate surface area is 108 Å². The molecule has 1 aromatic rings. The Morgan fingerprint density at radius 3 is 2.33 bits per heavy atom. The molecule has 0 aliphatic heterocycles. The van der Waals surface area contributed by atoms with Gasteiger partial charge in [0, 0.05) is 11.1 Å². The molecule has 0 saturated heterocycles. The summed E-state index contributed by atoms with van der Waals surface area (Å²) in [7, 11) is 0. The van der Waals surface area contributed by atoms with Gasteiger partial charge < -0.3 is 0 Å². The van der Waals surface area contributed by atoms with E-state index < -0.39 is 5.41 Å². The molecule has 0 aromatic heterocycles. The molecule has 1 aliphatic rings. The van der Waals surface area contributed by atoms with Gasteiger partial charge in [0.05, 0.1) is 5.41 Å². The molecule has 18 heavy (non-hydrogen) atoms. The van der Waals surface area contributed by atoms with E-state index in [-0.39, 0.29) is 11.6 Å². The van der Waals surface area contributed by atoms with Crippen molar-refractivity contribution in [3.05, 3.63) is 47.0 Å². The van der Waals surface area contributed by atoms with Crippen LogP contribution < -0.4 is 0 Å². The first-order valence-corrected chi connectivity index (χ1v) is 6.28. The van der Waals surface area contributed by atoms with Gasteiger partial charge in [-0.1, -0.05) is 35.9 Å². The number of Topliss-reactive ketones (excluding diaryl/α,β-unsaturated/α-hetero) is 2. The van der Waals surface area contributed by atoms with Crippen LogP contribution in [0.4, 0.5) is 0 Å². The molecule has 0 radical (unpaired) electrons. The maximum atomic E-state index is 12.6. The highest BCUT2D eigenvalue weighted by Crippen LogP contribution is 2.45. The quantitative estimate of drug-likeness (QED) is 0.759. The van der Waals surface area contributed by atoms with Crippen LogP contribution in [0.1, 0.15) is 44.0 Å². The Balaban J connectivity index is 2.45. The number of carbonyl (C=O) groups excluding carboxylic acids is 2. The summed E-state index contributed by atoms with van der Waals surface area (Å²) in [6, 6.07) is 9.24. The van der Waals surface area contributed by atoms with Gasteiger partial charge >= 0.3 is 0 Å². The van der Waals surface area contributed by atoms with E-state index >= 15 is 0 Å². The van der Waals surface area contributed by atoms with Crippen LogP contribution in [0.25, 0.3) is 0 Å². The van der Waals surface area contributed by atoms with Gasteiger partial charge in [-0.05, 0) is 33.6 Å². The largest absolute Gasteiger partial charge is 0.295 e. The van der Waals surface area contributed by atoms with Crippen LogP contribution in [-0.2, 0) is 4.79 Å². The van der Waals surface area contributed by atoms with Gasteiger partial charge in [-0.3, -0.25) is 9.59 Å². The minimum absolute atomic E-state index is 0.0248. The van der Waals surface area contributed by atoms with Crippen molar-refractivity contribution in [2.45, 2.75) is 33.6 Å². The topological polar surface area (TPSA) is 34.1 Å². The summed E-state index contributed by atoms with van der Waals surface area (Å²) in [5.41, 5.74) is 1.83. The predicted octanol–water partition coefficient (Wildman–Crippen LogP) is 3.57. The SMILES string of the molecule is CC(=O)C1=C(C)CCC1(C)C(=O)c1ccccc1. The number of allylic oxidation sites excluding steroid dienone is 2. The summed E-state index contributed by atoms with van der Waals surface area (Å²) < 4.78 is 0. The summed E-state index contributed by atoms with van der Waals surface area (Å²) in [6.45, 7) is 5.41. The normalized spacial score (nSPS) is 23.3. The lowest BCUT2D eigenvalue weighted by Crippen LogP contribution is -2.30. The van der Waals surface area contributed by atoms with E-state index in [1.807, 2.05) is 44.2 Å². The minimum Gasteiger partial charge on any atom is -0.295 e. The van der Waals surface area contributed by atoms with Crippen molar-refractivity contribution in [1.82, 2.24) is 0 Å². The van der Waals surface area contributed by atoms with E-state index in [1.165, 1.54) is 0 Å². The Bertz CT molecular complexity index is 525. The second-order valence-electron chi connectivity index (χ2n) is 5.24. The third-order valence-electron chi connectivity index (χ3n) is 3.87. The second-order valence-corrected chi connectivity index (χ2v) is 5.24. The molecule has 1 aromatic carbocycles. The third kappa shape index (κ3) is 1.92. The Morgan fingerprint density at radius 2 is 1.78 bits per heavy atom. The molecule has 0 bridgehead atoms. The van der Waals surface area contributed by atoms with Crippen LogP contribution in [0, 0.1) is 5.41 Å². The Hall–Kier alpha value is -1.70. The van der Waals surface area contributed by atoms with E-state index in [2.05, 4.69) is 0 Å². The number of rotatable bonds is 3. The van der Waals surface area contributed by atoms with E-state index in [4.69, 9.17) is 0 Å². The second kappa shape index (κ2) is 4.52. The predicted molar refractivity (Wildman–Crippen MR) is 71.5 cm³/mol. The fourth-order valence-corrected chi connectivity index (χ4v) is 2.98. The van der Waals surface area contributed by atoms with Crippen LogP contribution in [0.15, 0.2) is 41.5 Å². The first-order chi connectivity index (χ1) is 8.47. The van der Waals surface area contributed by atoms with Crippen molar-refractivity contribution >= 4 is 11.6 Å². The highest BCUT2D eigenvalue weighted by Gasteiger charge is 2.43. The fourth-order valence-electron chi connectivity index (χ4n) is 2.98. The number of ketones is 2. The van der Waals surface area contributed by atoms with Crippen molar-refractivity contribution in [3.8, 4) is 0 Å². The van der Waals surface area contributed by atoms with Gasteiger partial charge in [0.25, 0.3) is 0 Å². The molecular formula is C16H18O2. The van der Waals surface area contributed by atoms with Gasteiger partial charge in [0.1, 0.15) is 0 Å². The lowest BCUT2D eigenvalue weighted by Gasteiger charge is -2.25. The van der Waals surface area contributed by atoms with Gasteiger partial charge in [-0.25, -0.2) is 0 Å². The number of carbonyl (C=O) groups is 2. The molecule has 0 N–H and O–H groups in total. The van der Waals surface area contributed by atoms with E-state index in [1.54, 1.807) is 6.92 Å². The van der Waals surface area contributed by atoms with Gasteiger partial charge in [-0.2, -0.15) is 0 Å². The van der Waals surface area contributed by atoms with Crippen molar-refractivity contribution in [2.24, 2.45) is 5.41 Å². The molecule has 0 fully saturated rings. The van der Waals surface area contributed by atoms with Crippen LogP contribution in [0.3, 0.4) is 0 Å². The molecule has 2 nitrogen and oxygen atoms in total. The Kier molecular flexibility index (Phi) is 3.20. The maximum absolute atomic E-state index is 12.6. The van der Waals surface area contributed by atoms with Crippen LogP contribution in [-0.4, -0.2) is 11.6 Å². The number of hydrogen-bond donors (Lipinski definition) is 0. The zero-order valence-electron chi connectivity index (χ0n) is 11.1. The summed E-state index contributed by atoms with van der Waals surface area (Å²) >= 11 is 0. The highest BCUT2D eigenvalue weighted by atomic mass is 16.1. The average molecular weight is 242 g/mol. The minimum atomic E-state index is -0.642. The first-order valence-electron chi connectivity index (χ1n) is 6.28. The Morgan fingerprint density at radius 1 is 1.17 bits per heavy atom. The molecule has 0 saturated carbocycles. The molecular weight excluding hydrogens is 224 g/mol. The van der Waals surface area contributed by atoms with Crippen molar-refractivity contribution in [3.63, 3.8) is 0 Å². The summed E-state index contributed by atoms with van der Waals surface area (Å²) in [5.74, 6) is 0.0851. The molecule has 0 heterocycles. The summed E-state index contributed by atoms with van der Waals surface area (Å²) in [5, 5.41) is 0. The van der Waals surface area contributed by atoms with Crippen LogP contribution >= 0.6 is 0 Å². The lowest BCUT2D eigenvalue weighted by molar-refractivity contribution is -0.114. The standard InChI is InChI=1S/C16H18O2/c1-11-9-10-16(3,14(11)12(2)17)15(18)13-7-5-4-6-8-13/h4-8H,9-10H2,1-3H3. The molecule has 1 aliphatic carbocycles. The van der Waals surface area contributed by atoms with E-state index in [9.17, 15) is 9.59 Å². The molecule has 1 unspecified atom stereocenters. The highest BCUT2D eigenvalue weighted by molar-refractivity contribution is 6.10. The molecule has 0 amide bonds. The summed E-state index contributed by atoms with van der Waals surface area (Å²) in [4.78, 5) is 24.4. The van der Waals surface area contributed by atoms with Crippen molar-refractivity contribution in [1.29, 1.82) is 0 Å². The maximum Gasteiger partial charge on any atom is 0.173 e. The number of benzene rings is 1. The third-order valence-corrected chi connectivity index (χ3v) is 3.87. The molecule has 94 valence electrons. The van der Waals surface area contributed by atoms with E-state index in [0.717, 1.165) is 24.0 Å². The zero-order chi connectivity index (χ0) is 13.3. The number of hydrogen-bond acceptors (Lipinski definition) is 2. The van der Waals surface area contributed by atoms with Gasteiger partial charge in [0.15, 0.2) is 11.6 Å². The van der Waals surface area contributed by atoms with Gasteiger partial charge in [0.2, 0.25) is 0 Å². The fraction of sp³-hybridized carbons (Fsp3) is 0.375. The smallest absolute Gasteiger partial charge is 0.173 e. The zero-order valence-corrected chi connectivity index (χ0v) is 11.1. The monoisotopic (exact) mass is 242 g/mol. The molecule has 0 spiro atoms.